The van der Waals surface area contributed by atoms with Crippen LogP contribution in [0.1, 0.15) is 67.2 Å². The van der Waals surface area contributed by atoms with Crippen LogP contribution < -0.4 is 0 Å². The van der Waals surface area contributed by atoms with E-state index in [1.807, 2.05) is 22.3 Å². The zero-order valence-electron chi connectivity index (χ0n) is 14.3. The van der Waals surface area contributed by atoms with Crippen molar-refractivity contribution in [1.82, 2.24) is 0 Å². The summed E-state index contributed by atoms with van der Waals surface area (Å²) in [4.78, 5) is 0. The standard InChI is InChI=1S/C20H32/c1-11-7-8-12(2)18-16(6)20-14(4)10-9-13(3)19(20)15(5)17(11)18/h11-16H,7-10H2,1-6H3. The molecule has 4 atom stereocenters. The van der Waals surface area contributed by atoms with E-state index in [4.69, 9.17) is 0 Å². The molecule has 0 aromatic carbocycles. The molecule has 0 N–H and O–H groups in total. The van der Waals surface area contributed by atoms with Crippen molar-refractivity contribution in [2.45, 2.75) is 67.2 Å². The van der Waals surface area contributed by atoms with Gasteiger partial charge in [0.25, 0.3) is 0 Å². The molecule has 3 rings (SSSR count). The minimum atomic E-state index is 0.728. The fourth-order valence-corrected chi connectivity index (χ4v) is 5.80. The summed E-state index contributed by atoms with van der Waals surface area (Å²) in [5.41, 5.74) is 7.37. The van der Waals surface area contributed by atoms with Gasteiger partial charge in [0.05, 0.1) is 0 Å². The fraction of sp³-hybridized carbons (Fsp3) is 0.800. The van der Waals surface area contributed by atoms with Gasteiger partial charge in [0.15, 0.2) is 0 Å². The summed E-state index contributed by atoms with van der Waals surface area (Å²) in [5, 5.41) is 0. The SMILES string of the molecule is CC1CCC(C)C2=C1C(C)C1=C(C(C)CCC1C)C2C. The van der Waals surface area contributed by atoms with Crippen molar-refractivity contribution in [3.63, 3.8) is 0 Å². The first-order valence-corrected chi connectivity index (χ1v) is 8.91. The summed E-state index contributed by atoms with van der Waals surface area (Å²) in [6.07, 6.45) is 5.63. The topological polar surface area (TPSA) is 0 Å². The van der Waals surface area contributed by atoms with Gasteiger partial charge in [-0.25, -0.2) is 0 Å². The molecular formula is C20H32. The van der Waals surface area contributed by atoms with Crippen molar-refractivity contribution in [1.29, 1.82) is 0 Å². The van der Waals surface area contributed by atoms with Crippen molar-refractivity contribution < 1.29 is 0 Å². The summed E-state index contributed by atoms with van der Waals surface area (Å²) in [6.45, 7) is 14.9. The van der Waals surface area contributed by atoms with E-state index in [0.29, 0.717) is 0 Å². The van der Waals surface area contributed by atoms with Crippen LogP contribution in [0.15, 0.2) is 22.3 Å². The van der Waals surface area contributed by atoms with Gasteiger partial charge in [0.2, 0.25) is 0 Å². The third kappa shape index (κ3) is 1.94. The number of rotatable bonds is 0. The molecule has 0 bridgehead atoms. The van der Waals surface area contributed by atoms with E-state index in [9.17, 15) is 0 Å². The lowest BCUT2D eigenvalue weighted by Gasteiger charge is -2.48. The van der Waals surface area contributed by atoms with Crippen LogP contribution in [0, 0.1) is 35.5 Å². The zero-order valence-corrected chi connectivity index (χ0v) is 14.3. The Morgan fingerprint density at radius 3 is 0.850 bits per heavy atom. The average molecular weight is 272 g/mol. The number of hydrogen-bond donors (Lipinski definition) is 0. The molecule has 0 spiro atoms. The van der Waals surface area contributed by atoms with Gasteiger partial charge in [-0.3, -0.25) is 0 Å². The van der Waals surface area contributed by atoms with Gasteiger partial charge in [0, 0.05) is 0 Å². The van der Waals surface area contributed by atoms with Gasteiger partial charge in [0.1, 0.15) is 0 Å². The van der Waals surface area contributed by atoms with E-state index in [1.165, 1.54) is 25.7 Å². The van der Waals surface area contributed by atoms with E-state index < -0.39 is 0 Å². The Labute approximate surface area is 125 Å². The Morgan fingerprint density at radius 2 is 0.650 bits per heavy atom. The number of allylic oxidation sites excluding steroid dienone is 4. The molecule has 0 saturated carbocycles. The predicted molar refractivity (Wildman–Crippen MR) is 87.5 cm³/mol. The van der Waals surface area contributed by atoms with E-state index in [0.717, 1.165) is 35.5 Å². The summed E-state index contributed by atoms with van der Waals surface area (Å²) < 4.78 is 0. The first-order chi connectivity index (χ1) is 9.43. The number of hydrogen-bond acceptors (Lipinski definition) is 0. The van der Waals surface area contributed by atoms with Crippen molar-refractivity contribution in [2.75, 3.05) is 0 Å². The van der Waals surface area contributed by atoms with Crippen molar-refractivity contribution in [3.05, 3.63) is 22.3 Å². The molecule has 0 aromatic heterocycles. The lowest BCUT2D eigenvalue weighted by molar-refractivity contribution is 0.330. The maximum atomic E-state index is 2.51. The smallest absolute Gasteiger partial charge is 0.00101 e. The highest BCUT2D eigenvalue weighted by atomic mass is 14.5. The Bertz CT molecular complexity index is 380. The molecule has 0 amide bonds. The summed E-state index contributed by atoms with van der Waals surface area (Å²) in [5.74, 6) is 4.72. The minimum absolute atomic E-state index is 0.728. The lowest BCUT2D eigenvalue weighted by Crippen LogP contribution is -2.35. The van der Waals surface area contributed by atoms with Crippen molar-refractivity contribution in [3.8, 4) is 0 Å². The summed E-state index contributed by atoms with van der Waals surface area (Å²) >= 11 is 0. The summed E-state index contributed by atoms with van der Waals surface area (Å²) in [7, 11) is 0. The molecule has 20 heavy (non-hydrogen) atoms. The molecule has 0 fully saturated rings. The van der Waals surface area contributed by atoms with Gasteiger partial charge in [-0.1, -0.05) is 63.8 Å². The predicted octanol–water partition coefficient (Wildman–Crippen LogP) is 6.00. The first kappa shape index (κ1) is 14.4. The highest BCUT2D eigenvalue weighted by molar-refractivity contribution is 5.45. The largest absolute Gasteiger partial charge is 0.0604 e. The molecular weight excluding hydrogens is 240 g/mol. The van der Waals surface area contributed by atoms with Gasteiger partial charge < -0.3 is 0 Å². The Balaban J connectivity index is 2.13. The van der Waals surface area contributed by atoms with Crippen LogP contribution in [0.5, 0.6) is 0 Å². The van der Waals surface area contributed by atoms with Gasteiger partial charge >= 0.3 is 0 Å². The molecule has 0 nitrogen and oxygen atoms in total. The molecule has 112 valence electrons. The zero-order chi connectivity index (χ0) is 14.6. The monoisotopic (exact) mass is 272 g/mol. The Kier molecular flexibility index (Phi) is 3.63. The Morgan fingerprint density at radius 1 is 0.450 bits per heavy atom. The molecule has 4 unspecified atom stereocenters. The average Bonchev–Trinajstić information content (AvgIpc) is 2.41. The molecule has 3 aliphatic rings. The third-order valence-electron chi connectivity index (χ3n) is 6.72. The second-order valence-electron chi connectivity index (χ2n) is 8.02. The maximum absolute atomic E-state index is 2.51. The maximum Gasteiger partial charge on any atom is -0.00101 e. The van der Waals surface area contributed by atoms with Gasteiger partial charge in [-0.05, 0) is 61.2 Å². The van der Waals surface area contributed by atoms with Crippen molar-refractivity contribution in [2.24, 2.45) is 35.5 Å². The van der Waals surface area contributed by atoms with E-state index in [1.54, 1.807) is 0 Å². The van der Waals surface area contributed by atoms with Crippen LogP contribution in [0.25, 0.3) is 0 Å². The molecule has 0 aromatic rings. The molecule has 0 aliphatic heterocycles. The third-order valence-corrected chi connectivity index (χ3v) is 6.72. The minimum Gasteiger partial charge on any atom is -0.0604 e. The molecule has 0 heterocycles. The quantitative estimate of drug-likeness (QED) is 0.475. The lowest BCUT2D eigenvalue weighted by atomic mass is 9.57. The van der Waals surface area contributed by atoms with E-state index >= 15 is 0 Å². The van der Waals surface area contributed by atoms with Crippen LogP contribution >= 0.6 is 0 Å². The van der Waals surface area contributed by atoms with Gasteiger partial charge in [-0.15, -0.1) is 0 Å². The molecule has 0 saturated heterocycles. The van der Waals surface area contributed by atoms with E-state index in [2.05, 4.69) is 41.5 Å². The van der Waals surface area contributed by atoms with Gasteiger partial charge in [-0.2, -0.15) is 0 Å². The van der Waals surface area contributed by atoms with E-state index in [-0.39, 0.29) is 0 Å². The van der Waals surface area contributed by atoms with Crippen LogP contribution in [-0.2, 0) is 0 Å². The molecule has 0 heteroatoms. The second-order valence-corrected chi connectivity index (χ2v) is 8.02. The molecule has 3 aliphatic carbocycles. The highest BCUT2D eigenvalue weighted by Crippen LogP contribution is 2.54. The molecule has 0 radical (unpaired) electrons. The Hall–Kier alpha value is -0.520. The normalized spacial score (nSPS) is 45.3. The van der Waals surface area contributed by atoms with Crippen LogP contribution in [0.2, 0.25) is 0 Å². The van der Waals surface area contributed by atoms with Crippen LogP contribution in [0.4, 0.5) is 0 Å². The highest BCUT2D eigenvalue weighted by Gasteiger charge is 2.42. The second kappa shape index (κ2) is 5.04. The first-order valence-electron chi connectivity index (χ1n) is 8.91. The fourth-order valence-electron chi connectivity index (χ4n) is 5.80. The van der Waals surface area contributed by atoms with Crippen LogP contribution in [0.3, 0.4) is 0 Å². The van der Waals surface area contributed by atoms with Crippen molar-refractivity contribution >= 4 is 0 Å². The summed E-state index contributed by atoms with van der Waals surface area (Å²) in [6, 6.07) is 0. The van der Waals surface area contributed by atoms with Crippen LogP contribution in [-0.4, -0.2) is 0 Å².